The van der Waals surface area contributed by atoms with Gasteiger partial charge >= 0.3 is 0 Å². The van der Waals surface area contributed by atoms with Crippen molar-refractivity contribution in [2.75, 3.05) is 13.2 Å². The van der Waals surface area contributed by atoms with E-state index in [1.54, 1.807) is 0 Å². The molecule has 104 valence electrons. The third-order valence-electron chi connectivity index (χ3n) is 3.50. The number of benzene rings is 1. The van der Waals surface area contributed by atoms with E-state index in [9.17, 15) is 0 Å². The van der Waals surface area contributed by atoms with Gasteiger partial charge < -0.3 is 10.1 Å². The summed E-state index contributed by atoms with van der Waals surface area (Å²) in [5.41, 5.74) is 3.45. The van der Waals surface area contributed by atoms with Crippen molar-refractivity contribution in [3.63, 3.8) is 0 Å². The van der Waals surface area contributed by atoms with E-state index < -0.39 is 0 Å². The molecule has 0 amide bonds. The largest absolute Gasteiger partial charge is 0.366 e. The Morgan fingerprint density at radius 3 is 2.95 bits per heavy atom. The maximum absolute atomic E-state index is 5.86. The van der Waals surface area contributed by atoms with Gasteiger partial charge in [0.2, 0.25) is 0 Å². The number of aromatic nitrogens is 2. The maximum Gasteiger partial charge on any atom is 0.162 e. The number of nitrogens with zero attached hydrogens (tertiary/aromatic N) is 2. The SMILES string of the molecule is CCOC(c1ccccc1)c1ncc2c(n1)CCNC2. The molecule has 20 heavy (non-hydrogen) atoms. The lowest BCUT2D eigenvalue weighted by Gasteiger charge is -2.20. The fourth-order valence-corrected chi connectivity index (χ4v) is 2.49. The highest BCUT2D eigenvalue weighted by Gasteiger charge is 2.19. The molecule has 1 aliphatic heterocycles. The highest BCUT2D eigenvalue weighted by molar-refractivity contribution is 5.26. The van der Waals surface area contributed by atoms with E-state index in [4.69, 9.17) is 9.72 Å². The Hall–Kier alpha value is -1.78. The molecule has 4 nitrogen and oxygen atoms in total. The van der Waals surface area contributed by atoms with Crippen LogP contribution in [0.3, 0.4) is 0 Å². The minimum atomic E-state index is -0.179. The summed E-state index contributed by atoms with van der Waals surface area (Å²) in [6.45, 7) is 4.48. The Kier molecular flexibility index (Phi) is 4.04. The van der Waals surface area contributed by atoms with Gasteiger partial charge in [-0.15, -0.1) is 0 Å². The molecule has 3 rings (SSSR count). The lowest BCUT2D eigenvalue weighted by atomic mass is 10.1. The molecule has 0 radical (unpaired) electrons. The third-order valence-corrected chi connectivity index (χ3v) is 3.50. The van der Waals surface area contributed by atoms with Crippen molar-refractivity contribution in [3.05, 3.63) is 59.2 Å². The van der Waals surface area contributed by atoms with Crippen LogP contribution in [0.5, 0.6) is 0 Å². The maximum atomic E-state index is 5.86. The first-order valence-electron chi connectivity index (χ1n) is 7.10. The molecular formula is C16H19N3O. The van der Waals surface area contributed by atoms with Crippen LogP contribution in [0.1, 0.15) is 35.7 Å². The average Bonchev–Trinajstić information content (AvgIpc) is 2.53. The Morgan fingerprint density at radius 2 is 2.15 bits per heavy atom. The minimum absolute atomic E-state index is 0.179. The third kappa shape index (κ3) is 2.71. The van der Waals surface area contributed by atoms with E-state index in [2.05, 4.69) is 22.4 Å². The first-order valence-corrected chi connectivity index (χ1v) is 7.10. The fraction of sp³-hybridized carbons (Fsp3) is 0.375. The molecule has 0 saturated heterocycles. The zero-order chi connectivity index (χ0) is 13.8. The zero-order valence-corrected chi connectivity index (χ0v) is 11.7. The monoisotopic (exact) mass is 269 g/mol. The van der Waals surface area contributed by atoms with Crippen molar-refractivity contribution in [2.45, 2.75) is 26.0 Å². The van der Waals surface area contributed by atoms with E-state index in [0.717, 1.165) is 36.6 Å². The average molecular weight is 269 g/mol. The van der Waals surface area contributed by atoms with Crippen LogP contribution in [0.2, 0.25) is 0 Å². The normalized spacial score (nSPS) is 15.7. The van der Waals surface area contributed by atoms with Crippen LogP contribution in [-0.2, 0) is 17.7 Å². The standard InChI is InChI=1S/C16H19N3O/c1-2-20-15(12-6-4-3-5-7-12)16-18-11-13-10-17-9-8-14(13)19-16/h3-7,11,15,17H,2,8-10H2,1H3. The van der Waals surface area contributed by atoms with Crippen LogP contribution in [0, 0.1) is 0 Å². The summed E-state index contributed by atoms with van der Waals surface area (Å²) >= 11 is 0. The highest BCUT2D eigenvalue weighted by atomic mass is 16.5. The number of nitrogens with one attached hydrogen (secondary N) is 1. The summed E-state index contributed by atoms with van der Waals surface area (Å²) in [6.07, 6.45) is 2.71. The van der Waals surface area contributed by atoms with Crippen LogP contribution in [-0.4, -0.2) is 23.1 Å². The van der Waals surface area contributed by atoms with Crippen molar-refractivity contribution in [2.24, 2.45) is 0 Å². The van der Waals surface area contributed by atoms with Crippen LogP contribution < -0.4 is 5.32 Å². The van der Waals surface area contributed by atoms with Gasteiger partial charge in [0.05, 0.1) is 0 Å². The molecule has 0 spiro atoms. The summed E-state index contributed by atoms with van der Waals surface area (Å²) in [6, 6.07) is 10.2. The Bertz CT molecular complexity index is 571. The summed E-state index contributed by atoms with van der Waals surface area (Å²) in [7, 11) is 0. The molecule has 1 aromatic carbocycles. The molecule has 0 fully saturated rings. The second-order valence-electron chi connectivity index (χ2n) is 4.87. The van der Waals surface area contributed by atoms with Crippen molar-refractivity contribution in [1.29, 1.82) is 0 Å². The van der Waals surface area contributed by atoms with E-state index >= 15 is 0 Å². The zero-order valence-electron chi connectivity index (χ0n) is 11.7. The Labute approximate surface area is 119 Å². The fourth-order valence-electron chi connectivity index (χ4n) is 2.49. The number of rotatable bonds is 4. The van der Waals surface area contributed by atoms with E-state index in [1.165, 1.54) is 5.56 Å². The number of ether oxygens (including phenoxy) is 1. The topological polar surface area (TPSA) is 47.0 Å². The molecule has 0 bridgehead atoms. The quantitative estimate of drug-likeness (QED) is 0.924. The molecule has 1 N–H and O–H groups in total. The molecule has 0 aliphatic carbocycles. The van der Waals surface area contributed by atoms with Gasteiger partial charge in [0, 0.05) is 43.6 Å². The second-order valence-corrected chi connectivity index (χ2v) is 4.87. The summed E-state index contributed by atoms with van der Waals surface area (Å²) in [5.74, 6) is 0.763. The van der Waals surface area contributed by atoms with Crippen LogP contribution in [0.4, 0.5) is 0 Å². The molecule has 0 saturated carbocycles. The summed E-state index contributed by atoms with van der Waals surface area (Å²) in [5, 5.41) is 3.34. The van der Waals surface area contributed by atoms with Gasteiger partial charge in [-0.25, -0.2) is 9.97 Å². The van der Waals surface area contributed by atoms with Gasteiger partial charge in [0.1, 0.15) is 6.10 Å². The molecule has 4 heteroatoms. The number of hydrogen-bond acceptors (Lipinski definition) is 4. The molecule has 2 heterocycles. The van der Waals surface area contributed by atoms with Gasteiger partial charge in [-0.3, -0.25) is 0 Å². The van der Waals surface area contributed by atoms with Gasteiger partial charge in [-0.2, -0.15) is 0 Å². The smallest absolute Gasteiger partial charge is 0.162 e. The van der Waals surface area contributed by atoms with Crippen molar-refractivity contribution in [1.82, 2.24) is 15.3 Å². The second kappa shape index (κ2) is 6.11. The van der Waals surface area contributed by atoms with Crippen molar-refractivity contribution >= 4 is 0 Å². The van der Waals surface area contributed by atoms with Crippen LogP contribution in [0.15, 0.2) is 36.5 Å². The van der Waals surface area contributed by atoms with Crippen LogP contribution in [0.25, 0.3) is 0 Å². The van der Waals surface area contributed by atoms with Crippen molar-refractivity contribution < 1.29 is 4.74 Å². The van der Waals surface area contributed by atoms with Crippen LogP contribution >= 0.6 is 0 Å². The van der Waals surface area contributed by atoms with Gasteiger partial charge in [-0.05, 0) is 12.5 Å². The summed E-state index contributed by atoms with van der Waals surface area (Å²) < 4.78 is 5.86. The van der Waals surface area contributed by atoms with Gasteiger partial charge in [-0.1, -0.05) is 30.3 Å². The van der Waals surface area contributed by atoms with Crippen molar-refractivity contribution in [3.8, 4) is 0 Å². The van der Waals surface area contributed by atoms with E-state index in [-0.39, 0.29) is 6.10 Å². The predicted molar refractivity (Wildman–Crippen MR) is 77.4 cm³/mol. The Balaban J connectivity index is 1.95. The predicted octanol–water partition coefficient (Wildman–Crippen LogP) is 2.25. The number of fused-ring (bicyclic) bond motifs is 1. The molecule has 1 aliphatic rings. The number of hydrogen-bond donors (Lipinski definition) is 1. The lowest BCUT2D eigenvalue weighted by Crippen LogP contribution is -2.26. The lowest BCUT2D eigenvalue weighted by molar-refractivity contribution is 0.0848. The van der Waals surface area contributed by atoms with E-state index in [0.29, 0.717) is 6.61 Å². The summed E-state index contributed by atoms with van der Waals surface area (Å²) in [4.78, 5) is 9.24. The first kappa shape index (κ1) is 13.2. The Morgan fingerprint density at radius 1 is 1.30 bits per heavy atom. The van der Waals surface area contributed by atoms with Gasteiger partial charge in [0.25, 0.3) is 0 Å². The molecule has 1 aromatic heterocycles. The first-order chi connectivity index (χ1) is 9.88. The molecule has 2 aromatic rings. The minimum Gasteiger partial charge on any atom is -0.366 e. The van der Waals surface area contributed by atoms with E-state index in [1.807, 2.05) is 31.3 Å². The molecule has 1 atom stereocenters. The highest BCUT2D eigenvalue weighted by Crippen LogP contribution is 2.24. The molecule has 1 unspecified atom stereocenters. The molecular weight excluding hydrogens is 250 g/mol. The van der Waals surface area contributed by atoms with Gasteiger partial charge in [0.15, 0.2) is 5.82 Å².